The van der Waals surface area contributed by atoms with Crippen LogP contribution in [-0.4, -0.2) is 49.4 Å². The smallest absolute Gasteiger partial charge is 0.293 e. The maximum atomic E-state index is 12.6. The molecule has 3 aromatic rings. The highest BCUT2D eigenvalue weighted by Gasteiger charge is 2.34. The van der Waals surface area contributed by atoms with E-state index in [0.29, 0.717) is 11.2 Å². The van der Waals surface area contributed by atoms with Gasteiger partial charge in [0.15, 0.2) is 0 Å². The Bertz CT molecular complexity index is 1350. The quantitative estimate of drug-likeness (QED) is 0.320. The van der Waals surface area contributed by atoms with Crippen molar-refractivity contribution in [1.82, 2.24) is 19.6 Å². The Labute approximate surface area is 196 Å². The third kappa shape index (κ3) is 4.59. The lowest BCUT2D eigenvalue weighted by Crippen LogP contribution is -2.37. The first-order valence-electron chi connectivity index (χ1n) is 9.67. The van der Waals surface area contributed by atoms with E-state index < -0.39 is 22.0 Å². The lowest BCUT2D eigenvalue weighted by atomic mass is 10.2. The monoisotopic (exact) mass is 485 g/mol. The molecule has 1 saturated heterocycles. The lowest BCUT2D eigenvalue weighted by molar-refractivity contribution is -0.384. The van der Waals surface area contributed by atoms with E-state index in [-0.39, 0.29) is 34.4 Å². The van der Waals surface area contributed by atoms with Gasteiger partial charge in [-0.2, -0.15) is 0 Å². The molecule has 4 rings (SSSR count). The summed E-state index contributed by atoms with van der Waals surface area (Å²) in [5.41, 5.74) is 1.86. The number of hydrogen-bond donors (Lipinski definition) is 1. The number of thioether (sulfide) groups is 1. The van der Waals surface area contributed by atoms with Gasteiger partial charge in [0, 0.05) is 31.0 Å². The molecule has 168 valence electrons. The van der Waals surface area contributed by atoms with Gasteiger partial charge in [0.05, 0.1) is 9.83 Å². The van der Waals surface area contributed by atoms with Gasteiger partial charge in [0.2, 0.25) is 0 Å². The van der Waals surface area contributed by atoms with Gasteiger partial charge in [0.1, 0.15) is 16.4 Å². The number of aromatic nitrogens is 2. The average Bonchev–Trinajstić information content (AvgIpc) is 3.32. The minimum Gasteiger partial charge on any atom is -0.349 e. The molecule has 0 bridgehead atoms. The largest absolute Gasteiger partial charge is 0.349 e. The number of nitro benzene ring substituents is 1. The summed E-state index contributed by atoms with van der Waals surface area (Å²) in [6, 6.07) is 9.62. The zero-order chi connectivity index (χ0) is 23.7. The normalized spacial score (nSPS) is 15.0. The van der Waals surface area contributed by atoms with Crippen LogP contribution < -0.4 is 5.32 Å². The molecule has 0 aliphatic carbocycles. The molecule has 3 heterocycles. The number of hydrogen-bond acceptors (Lipinski definition) is 7. The van der Waals surface area contributed by atoms with E-state index in [1.54, 1.807) is 16.7 Å². The second-order valence-corrected chi connectivity index (χ2v) is 8.48. The molecule has 1 aliphatic rings. The van der Waals surface area contributed by atoms with E-state index in [1.807, 2.05) is 19.1 Å². The number of carbonyl (C=O) groups is 3. The summed E-state index contributed by atoms with van der Waals surface area (Å²) in [4.78, 5) is 53.2. The van der Waals surface area contributed by atoms with Gasteiger partial charge in [0.25, 0.3) is 22.7 Å². The zero-order valence-corrected chi connectivity index (χ0v) is 18.7. The summed E-state index contributed by atoms with van der Waals surface area (Å²) < 4.78 is 1.79. The Morgan fingerprint density at radius 2 is 2.09 bits per heavy atom. The Morgan fingerprint density at radius 3 is 2.82 bits per heavy atom. The van der Waals surface area contributed by atoms with Crippen LogP contribution in [0.15, 0.2) is 47.5 Å². The number of halogens is 1. The molecular formula is C21H16ClN5O5S. The topological polar surface area (TPSA) is 127 Å². The molecule has 0 spiro atoms. The second kappa shape index (κ2) is 9.04. The Morgan fingerprint density at radius 1 is 1.30 bits per heavy atom. The third-order valence-electron chi connectivity index (χ3n) is 4.89. The fraction of sp³-hybridized carbons (Fsp3) is 0.143. The first kappa shape index (κ1) is 22.5. The van der Waals surface area contributed by atoms with Crippen molar-refractivity contribution in [3.05, 3.63) is 79.6 Å². The molecule has 1 fully saturated rings. The van der Waals surface area contributed by atoms with Crippen LogP contribution in [0.3, 0.4) is 0 Å². The molecule has 33 heavy (non-hydrogen) atoms. The Balaban J connectivity index is 1.40. The molecule has 0 saturated carbocycles. The van der Waals surface area contributed by atoms with E-state index in [9.17, 15) is 24.5 Å². The summed E-state index contributed by atoms with van der Waals surface area (Å²) in [7, 11) is 0. The number of nitrogens with zero attached hydrogens (tertiary/aromatic N) is 4. The highest BCUT2D eigenvalue weighted by Crippen LogP contribution is 2.33. The maximum absolute atomic E-state index is 12.6. The maximum Gasteiger partial charge on any atom is 0.293 e. The SMILES string of the molecule is Cc1cccc2nc(C(=O)NCCN3C(=O)S/C(=C/c4ccc(Cl)c([N+](=O)[O-])c4)C3=O)cn12. The van der Waals surface area contributed by atoms with E-state index in [4.69, 9.17) is 11.6 Å². The van der Waals surface area contributed by atoms with Crippen molar-refractivity contribution >= 4 is 57.8 Å². The fourth-order valence-corrected chi connectivity index (χ4v) is 4.28. The molecule has 0 atom stereocenters. The summed E-state index contributed by atoms with van der Waals surface area (Å²) >= 11 is 6.53. The van der Waals surface area contributed by atoms with Crippen LogP contribution >= 0.6 is 23.4 Å². The molecular weight excluding hydrogens is 470 g/mol. The van der Waals surface area contributed by atoms with Gasteiger partial charge in [-0.1, -0.05) is 23.7 Å². The number of imide groups is 1. The number of amides is 3. The number of rotatable bonds is 6. The number of nitrogens with one attached hydrogen (secondary N) is 1. The van der Waals surface area contributed by atoms with E-state index in [1.165, 1.54) is 24.3 Å². The van der Waals surface area contributed by atoms with Crippen molar-refractivity contribution in [1.29, 1.82) is 0 Å². The third-order valence-corrected chi connectivity index (χ3v) is 6.11. The Hall–Kier alpha value is -3.70. The number of benzene rings is 1. The van der Waals surface area contributed by atoms with Crippen molar-refractivity contribution in [3.63, 3.8) is 0 Å². The summed E-state index contributed by atoms with van der Waals surface area (Å²) in [5, 5.41) is 13.2. The molecule has 12 heteroatoms. The van der Waals surface area contributed by atoms with Gasteiger partial charge in [-0.15, -0.1) is 0 Å². The number of imidazole rings is 1. The number of fused-ring (bicyclic) bond motifs is 1. The average molecular weight is 486 g/mol. The minimum absolute atomic E-state index is 0.0261. The number of aryl methyl sites for hydroxylation is 1. The van der Waals surface area contributed by atoms with Gasteiger partial charge in [-0.05, 0) is 48.5 Å². The molecule has 10 nitrogen and oxygen atoms in total. The van der Waals surface area contributed by atoms with Crippen LogP contribution in [-0.2, 0) is 4.79 Å². The van der Waals surface area contributed by atoms with Crippen LogP contribution in [0.25, 0.3) is 11.7 Å². The van der Waals surface area contributed by atoms with Crippen LogP contribution in [0.4, 0.5) is 10.5 Å². The van der Waals surface area contributed by atoms with Crippen molar-refractivity contribution in [2.45, 2.75) is 6.92 Å². The van der Waals surface area contributed by atoms with Crippen molar-refractivity contribution in [2.75, 3.05) is 13.1 Å². The van der Waals surface area contributed by atoms with E-state index in [2.05, 4.69) is 10.3 Å². The van der Waals surface area contributed by atoms with Gasteiger partial charge in [-0.3, -0.25) is 29.4 Å². The van der Waals surface area contributed by atoms with Crippen LogP contribution in [0.2, 0.25) is 5.02 Å². The van der Waals surface area contributed by atoms with Crippen LogP contribution in [0.1, 0.15) is 21.7 Å². The highest BCUT2D eigenvalue weighted by molar-refractivity contribution is 8.18. The van der Waals surface area contributed by atoms with Crippen molar-refractivity contribution in [3.8, 4) is 0 Å². The van der Waals surface area contributed by atoms with E-state index in [0.717, 1.165) is 22.4 Å². The molecule has 3 amide bonds. The van der Waals surface area contributed by atoms with Crippen molar-refractivity contribution in [2.24, 2.45) is 0 Å². The van der Waals surface area contributed by atoms with Crippen LogP contribution in [0.5, 0.6) is 0 Å². The lowest BCUT2D eigenvalue weighted by Gasteiger charge is -2.12. The van der Waals surface area contributed by atoms with Gasteiger partial charge < -0.3 is 9.72 Å². The van der Waals surface area contributed by atoms with Gasteiger partial charge >= 0.3 is 0 Å². The minimum atomic E-state index is -0.626. The predicted molar refractivity (Wildman–Crippen MR) is 123 cm³/mol. The molecule has 1 N–H and O–H groups in total. The number of nitro groups is 1. The molecule has 1 aliphatic heterocycles. The summed E-state index contributed by atoms with van der Waals surface area (Å²) in [6.45, 7) is 1.91. The van der Waals surface area contributed by atoms with Crippen LogP contribution in [0, 0.1) is 17.0 Å². The van der Waals surface area contributed by atoms with Crippen molar-refractivity contribution < 1.29 is 19.3 Å². The standard InChI is InChI=1S/C21H16ClN5O5S/c1-12-3-2-4-18-24-15(11-26(12)18)19(28)23-7-8-25-20(29)17(33-21(25)30)10-13-5-6-14(22)16(9-13)27(31)32/h2-6,9-11H,7-8H2,1H3,(H,23,28)/b17-10+. The number of pyridine rings is 1. The summed E-state index contributed by atoms with van der Waals surface area (Å²) in [5.74, 6) is -0.964. The van der Waals surface area contributed by atoms with Gasteiger partial charge in [-0.25, -0.2) is 4.98 Å². The predicted octanol–water partition coefficient (Wildman–Crippen LogP) is 3.67. The molecule has 0 radical (unpaired) electrons. The molecule has 1 aromatic carbocycles. The molecule has 2 aromatic heterocycles. The van der Waals surface area contributed by atoms with E-state index >= 15 is 0 Å². The second-order valence-electron chi connectivity index (χ2n) is 7.08. The fourth-order valence-electron chi connectivity index (χ4n) is 3.23. The first-order chi connectivity index (χ1) is 15.7. The first-order valence-corrected chi connectivity index (χ1v) is 10.9. The number of carbonyl (C=O) groups excluding carboxylic acids is 3. The molecule has 0 unspecified atom stereocenters. The Kier molecular flexibility index (Phi) is 6.16. The highest BCUT2D eigenvalue weighted by atomic mass is 35.5. The zero-order valence-electron chi connectivity index (χ0n) is 17.1. The summed E-state index contributed by atoms with van der Waals surface area (Å²) in [6.07, 6.45) is 3.01.